The highest BCUT2D eigenvalue weighted by atomic mass is 35.5. The zero-order chi connectivity index (χ0) is 13.9. The largest absolute Gasteiger partial charge is 0.480 e. The SMILES string of the molecule is CC(C)N(CC(=O)O)C(C)c1ccc(Cl)c(Cl)c1. The van der Waals surface area contributed by atoms with Crippen LogP contribution in [0.1, 0.15) is 32.4 Å². The summed E-state index contributed by atoms with van der Waals surface area (Å²) in [6, 6.07) is 5.48. The highest BCUT2D eigenvalue weighted by Crippen LogP contribution is 2.28. The Morgan fingerprint density at radius 1 is 1.28 bits per heavy atom. The summed E-state index contributed by atoms with van der Waals surface area (Å²) in [5.74, 6) is -0.837. The fourth-order valence-corrected chi connectivity index (χ4v) is 2.19. The van der Waals surface area contributed by atoms with Gasteiger partial charge in [0.1, 0.15) is 0 Å². The fraction of sp³-hybridized carbons (Fsp3) is 0.462. The highest BCUT2D eigenvalue weighted by Gasteiger charge is 2.21. The second kappa shape index (κ2) is 6.41. The van der Waals surface area contributed by atoms with Crippen LogP contribution in [0.4, 0.5) is 0 Å². The van der Waals surface area contributed by atoms with Crippen LogP contribution in [0.25, 0.3) is 0 Å². The first-order valence-electron chi connectivity index (χ1n) is 5.75. The average molecular weight is 290 g/mol. The maximum absolute atomic E-state index is 10.9. The molecule has 1 rings (SSSR count). The standard InChI is InChI=1S/C13H17Cl2NO2/c1-8(2)16(7-13(17)18)9(3)10-4-5-11(14)12(15)6-10/h4-6,8-9H,7H2,1-3H3,(H,17,18). The summed E-state index contributed by atoms with van der Waals surface area (Å²) in [4.78, 5) is 12.8. The van der Waals surface area contributed by atoms with E-state index in [1.165, 1.54) is 0 Å². The van der Waals surface area contributed by atoms with Crippen LogP contribution in [0.3, 0.4) is 0 Å². The van der Waals surface area contributed by atoms with Gasteiger partial charge < -0.3 is 5.11 Å². The van der Waals surface area contributed by atoms with Crippen LogP contribution in [0.5, 0.6) is 0 Å². The first-order valence-corrected chi connectivity index (χ1v) is 6.51. The summed E-state index contributed by atoms with van der Waals surface area (Å²) in [7, 11) is 0. The lowest BCUT2D eigenvalue weighted by molar-refractivity contribution is -0.139. The molecule has 0 fully saturated rings. The summed E-state index contributed by atoms with van der Waals surface area (Å²) in [6.45, 7) is 5.90. The van der Waals surface area contributed by atoms with Gasteiger partial charge in [0.15, 0.2) is 0 Å². The molecule has 1 aromatic carbocycles. The first-order chi connectivity index (χ1) is 8.32. The topological polar surface area (TPSA) is 40.5 Å². The molecule has 0 radical (unpaired) electrons. The molecule has 1 atom stereocenters. The van der Waals surface area contributed by atoms with Crippen molar-refractivity contribution >= 4 is 29.2 Å². The van der Waals surface area contributed by atoms with Crippen molar-refractivity contribution < 1.29 is 9.90 Å². The quantitative estimate of drug-likeness (QED) is 0.895. The third-order valence-electron chi connectivity index (χ3n) is 2.90. The van der Waals surface area contributed by atoms with E-state index in [1.54, 1.807) is 12.1 Å². The maximum atomic E-state index is 10.9. The van der Waals surface area contributed by atoms with Gasteiger partial charge in [-0.1, -0.05) is 29.3 Å². The van der Waals surface area contributed by atoms with Crippen LogP contribution in [-0.4, -0.2) is 28.6 Å². The number of carboxylic acid groups (broad SMARTS) is 1. The van der Waals surface area contributed by atoms with Crippen molar-refractivity contribution in [2.75, 3.05) is 6.54 Å². The van der Waals surface area contributed by atoms with Gasteiger partial charge in [0.2, 0.25) is 0 Å². The molecule has 1 aromatic rings. The van der Waals surface area contributed by atoms with Crippen LogP contribution in [0.2, 0.25) is 10.0 Å². The zero-order valence-corrected chi connectivity index (χ0v) is 12.2. The van der Waals surface area contributed by atoms with E-state index in [0.717, 1.165) is 5.56 Å². The summed E-state index contributed by atoms with van der Waals surface area (Å²) >= 11 is 11.9. The molecule has 0 bridgehead atoms. The number of halogens is 2. The van der Waals surface area contributed by atoms with Crippen molar-refractivity contribution in [1.82, 2.24) is 4.90 Å². The molecule has 0 spiro atoms. The maximum Gasteiger partial charge on any atom is 0.317 e. The molecule has 18 heavy (non-hydrogen) atoms. The van der Waals surface area contributed by atoms with E-state index in [4.69, 9.17) is 28.3 Å². The number of carboxylic acids is 1. The minimum absolute atomic E-state index is 0.000914. The van der Waals surface area contributed by atoms with Crippen molar-refractivity contribution in [3.05, 3.63) is 33.8 Å². The smallest absolute Gasteiger partial charge is 0.317 e. The summed E-state index contributed by atoms with van der Waals surface area (Å²) in [5, 5.41) is 9.93. The number of hydrogen-bond acceptors (Lipinski definition) is 2. The number of benzene rings is 1. The van der Waals surface area contributed by atoms with Crippen molar-refractivity contribution in [2.45, 2.75) is 32.9 Å². The van der Waals surface area contributed by atoms with E-state index >= 15 is 0 Å². The van der Waals surface area contributed by atoms with Crippen molar-refractivity contribution in [2.24, 2.45) is 0 Å². The molecule has 0 aliphatic carbocycles. The third kappa shape index (κ3) is 3.87. The van der Waals surface area contributed by atoms with Crippen molar-refractivity contribution in [3.63, 3.8) is 0 Å². The predicted molar refractivity (Wildman–Crippen MR) is 74.4 cm³/mol. The van der Waals surface area contributed by atoms with Gasteiger partial charge in [0.05, 0.1) is 16.6 Å². The highest BCUT2D eigenvalue weighted by molar-refractivity contribution is 6.42. The Balaban J connectivity index is 2.97. The van der Waals surface area contributed by atoms with Crippen LogP contribution in [-0.2, 0) is 4.79 Å². The minimum atomic E-state index is -0.837. The number of nitrogens with zero attached hydrogens (tertiary/aromatic N) is 1. The molecule has 0 amide bonds. The Bertz CT molecular complexity index is 435. The van der Waals surface area contributed by atoms with E-state index in [2.05, 4.69) is 0 Å². The lowest BCUT2D eigenvalue weighted by Crippen LogP contribution is -2.37. The Hall–Kier alpha value is -0.770. The van der Waals surface area contributed by atoms with Crippen LogP contribution in [0.15, 0.2) is 18.2 Å². The lowest BCUT2D eigenvalue weighted by atomic mass is 10.1. The molecule has 1 unspecified atom stereocenters. The Kier molecular flexibility index (Phi) is 5.45. The Morgan fingerprint density at radius 3 is 2.33 bits per heavy atom. The van der Waals surface area contributed by atoms with E-state index in [0.29, 0.717) is 10.0 Å². The summed E-state index contributed by atoms with van der Waals surface area (Å²) in [5.41, 5.74) is 0.958. The Morgan fingerprint density at radius 2 is 1.89 bits per heavy atom. The third-order valence-corrected chi connectivity index (χ3v) is 3.64. The zero-order valence-electron chi connectivity index (χ0n) is 10.7. The van der Waals surface area contributed by atoms with E-state index in [9.17, 15) is 4.79 Å². The van der Waals surface area contributed by atoms with Gasteiger partial charge in [-0.2, -0.15) is 0 Å². The normalized spacial score (nSPS) is 13.1. The van der Waals surface area contributed by atoms with Gasteiger partial charge in [-0.3, -0.25) is 9.69 Å². The molecule has 0 saturated heterocycles. The number of rotatable bonds is 5. The Labute approximate surface area is 117 Å². The molecule has 0 aliphatic heterocycles. The monoisotopic (exact) mass is 289 g/mol. The van der Waals surface area contributed by atoms with Crippen LogP contribution >= 0.6 is 23.2 Å². The second-order valence-electron chi connectivity index (χ2n) is 4.51. The first kappa shape index (κ1) is 15.3. The summed E-state index contributed by atoms with van der Waals surface area (Å²) < 4.78 is 0. The number of hydrogen-bond donors (Lipinski definition) is 1. The van der Waals surface area contributed by atoms with Gasteiger partial charge in [0.25, 0.3) is 0 Å². The molecule has 0 aliphatic rings. The second-order valence-corrected chi connectivity index (χ2v) is 5.32. The molecule has 5 heteroatoms. The van der Waals surface area contributed by atoms with Crippen LogP contribution in [0, 0.1) is 0 Å². The molecular formula is C13H17Cl2NO2. The molecule has 3 nitrogen and oxygen atoms in total. The molecule has 1 N–H and O–H groups in total. The molecule has 0 heterocycles. The number of aliphatic carboxylic acids is 1. The van der Waals surface area contributed by atoms with E-state index < -0.39 is 5.97 Å². The minimum Gasteiger partial charge on any atom is -0.480 e. The van der Waals surface area contributed by atoms with Gasteiger partial charge in [0, 0.05) is 12.1 Å². The predicted octanol–water partition coefficient (Wildman–Crippen LogP) is 3.85. The van der Waals surface area contributed by atoms with Gasteiger partial charge in [-0.25, -0.2) is 0 Å². The molecular weight excluding hydrogens is 273 g/mol. The van der Waals surface area contributed by atoms with Gasteiger partial charge in [-0.15, -0.1) is 0 Å². The molecule has 100 valence electrons. The lowest BCUT2D eigenvalue weighted by Gasteiger charge is -2.31. The van der Waals surface area contributed by atoms with E-state index in [1.807, 2.05) is 31.7 Å². The molecule has 0 aromatic heterocycles. The van der Waals surface area contributed by atoms with Gasteiger partial charge >= 0.3 is 5.97 Å². The summed E-state index contributed by atoms with van der Waals surface area (Å²) in [6.07, 6.45) is 0. The number of carbonyl (C=O) groups is 1. The van der Waals surface area contributed by atoms with E-state index in [-0.39, 0.29) is 18.6 Å². The van der Waals surface area contributed by atoms with Crippen molar-refractivity contribution in [3.8, 4) is 0 Å². The fourth-order valence-electron chi connectivity index (χ4n) is 1.89. The molecule has 0 saturated carbocycles. The van der Waals surface area contributed by atoms with Crippen molar-refractivity contribution in [1.29, 1.82) is 0 Å². The average Bonchev–Trinajstić information content (AvgIpc) is 2.28. The van der Waals surface area contributed by atoms with Gasteiger partial charge in [-0.05, 0) is 38.5 Å². The van der Waals surface area contributed by atoms with Crippen LogP contribution < -0.4 is 0 Å².